The van der Waals surface area contributed by atoms with Crippen molar-refractivity contribution in [3.8, 4) is 0 Å². The molecule has 5 nitrogen and oxygen atoms in total. The molecule has 1 aromatic heterocycles. The van der Waals surface area contributed by atoms with E-state index in [1.54, 1.807) is 24.3 Å². The molecule has 0 radical (unpaired) electrons. The predicted molar refractivity (Wildman–Crippen MR) is 88.3 cm³/mol. The number of ether oxygens (including phenoxy) is 1. The van der Waals surface area contributed by atoms with Gasteiger partial charge >= 0.3 is 5.97 Å². The van der Waals surface area contributed by atoms with Crippen molar-refractivity contribution in [1.29, 1.82) is 0 Å². The number of nitrogens with zero attached hydrogens (tertiary/aromatic N) is 1. The van der Waals surface area contributed by atoms with Gasteiger partial charge in [0.2, 0.25) is 0 Å². The molecule has 22 heavy (non-hydrogen) atoms. The number of carbonyl (C=O) groups is 1. The number of hydrogen-bond donors (Lipinski definition) is 2. The fourth-order valence-electron chi connectivity index (χ4n) is 1.92. The Morgan fingerprint density at radius 3 is 2.91 bits per heavy atom. The van der Waals surface area contributed by atoms with Crippen molar-refractivity contribution >= 4 is 23.2 Å². The molecule has 0 bridgehead atoms. The van der Waals surface area contributed by atoms with Crippen LogP contribution in [0.1, 0.15) is 35.8 Å². The highest BCUT2D eigenvalue weighted by atomic mass is 16.5. The first-order valence-corrected chi connectivity index (χ1v) is 7.37. The van der Waals surface area contributed by atoms with E-state index in [2.05, 4.69) is 17.2 Å². The highest BCUT2D eigenvalue weighted by Gasteiger charge is 2.08. The van der Waals surface area contributed by atoms with Gasteiger partial charge in [-0.3, -0.25) is 0 Å². The third kappa shape index (κ3) is 4.22. The van der Waals surface area contributed by atoms with Gasteiger partial charge in [-0.2, -0.15) is 0 Å². The van der Waals surface area contributed by atoms with E-state index < -0.39 is 0 Å². The number of aromatic nitrogens is 1. The van der Waals surface area contributed by atoms with Gasteiger partial charge in [0.15, 0.2) is 5.82 Å². The Balaban J connectivity index is 2.11. The Labute approximate surface area is 130 Å². The minimum absolute atomic E-state index is 0.317. The lowest BCUT2D eigenvalue weighted by Crippen LogP contribution is -2.07. The predicted octanol–water partition coefficient (Wildman–Crippen LogP) is 3.67. The lowest BCUT2D eigenvalue weighted by Gasteiger charge is -2.10. The SMILES string of the molecule is CCCCOC(=O)c1cccc(Nc2nc(C)ccc2N)c1. The van der Waals surface area contributed by atoms with Crippen molar-refractivity contribution in [1.82, 2.24) is 4.98 Å². The van der Waals surface area contributed by atoms with Crippen molar-refractivity contribution in [2.45, 2.75) is 26.7 Å². The maximum Gasteiger partial charge on any atom is 0.338 e. The van der Waals surface area contributed by atoms with Crippen LogP contribution in [0.2, 0.25) is 0 Å². The smallest absolute Gasteiger partial charge is 0.338 e. The fourth-order valence-corrected chi connectivity index (χ4v) is 1.92. The van der Waals surface area contributed by atoms with E-state index in [9.17, 15) is 4.79 Å². The Kier molecular flexibility index (Phi) is 5.36. The number of carbonyl (C=O) groups excluding carboxylic acids is 1. The highest BCUT2D eigenvalue weighted by molar-refractivity contribution is 5.90. The summed E-state index contributed by atoms with van der Waals surface area (Å²) in [5.41, 5.74) is 8.58. The van der Waals surface area contributed by atoms with Crippen molar-refractivity contribution in [3.05, 3.63) is 47.7 Å². The molecule has 0 unspecified atom stereocenters. The monoisotopic (exact) mass is 299 g/mol. The summed E-state index contributed by atoms with van der Waals surface area (Å²) in [5.74, 6) is 0.263. The van der Waals surface area contributed by atoms with E-state index >= 15 is 0 Å². The lowest BCUT2D eigenvalue weighted by atomic mass is 10.2. The molecule has 1 heterocycles. The summed E-state index contributed by atoms with van der Waals surface area (Å²) in [7, 11) is 0. The van der Waals surface area contributed by atoms with Crippen LogP contribution in [0.5, 0.6) is 0 Å². The summed E-state index contributed by atoms with van der Waals surface area (Å²) in [6, 6.07) is 10.8. The fraction of sp³-hybridized carbons (Fsp3) is 0.294. The first kappa shape index (κ1) is 15.8. The number of anilines is 3. The summed E-state index contributed by atoms with van der Waals surface area (Å²) >= 11 is 0. The van der Waals surface area contributed by atoms with E-state index in [-0.39, 0.29) is 5.97 Å². The number of rotatable bonds is 6. The maximum atomic E-state index is 12.0. The van der Waals surface area contributed by atoms with Gasteiger partial charge in [0, 0.05) is 11.4 Å². The maximum absolute atomic E-state index is 12.0. The van der Waals surface area contributed by atoms with Crippen LogP contribution >= 0.6 is 0 Å². The van der Waals surface area contributed by atoms with Crippen molar-refractivity contribution in [3.63, 3.8) is 0 Å². The molecular formula is C17H21N3O2. The van der Waals surface area contributed by atoms with Crippen molar-refractivity contribution in [2.75, 3.05) is 17.7 Å². The number of hydrogen-bond acceptors (Lipinski definition) is 5. The quantitative estimate of drug-likeness (QED) is 0.628. The van der Waals surface area contributed by atoms with Crippen LogP contribution in [0, 0.1) is 6.92 Å². The zero-order valence-electron chi connectivity index (χ0n) is 12.9. The van der Waals surface area contributed by atoms with E-state index in [1.807, 2.05) is 19.1 Å². The molecule has 0 fully saturated rings. The minimum atomic E-state index is -0.317. The number of nitrogens with two attached hydrogens (primary N) is 1. The summed E-state index contributed by atoms with van der Waals surface area (Å²) in [5, 5.41) is 3.13. The van der Waals surface area contributed by atoms with Gasteiger partial charge < -0.3 is 15.8 Å². The van der Waals surface area contributed by atoms with Gasteiger partial charge in [-0.05, 0) is 43.7 Å². The first-order valence-electron chi connectivity index (χ1n) is 7.37. The average Bonchev–Trinajstić information content (AvgIpc) is 2.51. The number of unbranched alkanes of at least 4 members (excludes halogenated alkanes) is 1. The molecule has 0 saturated carbocycles. The third-order valence-corrected chi connectivity index (χ3v) is 3.16. The zero-order chi connectivity index (χ0) is 15.9. The second-order valence-electron chi connectivity index (χ2n) is 5.09. The van der Waals surface area contributed by atoms with E-state index in [4.69, 9.17) is 10.5 Å². The number of pyridine rings is 1. The molecule has 0 saturated heterocycles. The average molecular weight is 299 g/mol. The molecule has 2 aromatic rings. The Bertz CT molecular complexity index is 656. The second kappa shape index (κ2) is 7.45. The summed E-state index contributed by atoms with van der Waals surface area (Å²) in [6.07, 6.45) is 1.86. The van der Waals surface area contributed by atoms with Gasteiger partial charge in [0.05, 0.1) is 17.9 Å². The van der Waals surface area contributed by atoms with Crippen LogP contribution in [0.25, 0.3) is 0 Å². The first-order chi connectivity index (χ1) is 10.6. The van der Waals surface area contributed by atoms with Crippen LogP contribution in [0.3, 0.4) is 0 Å². The normalized spacial score (nSPS) is 10.3. The molecular weight excluding hydrogens is 278 g/mol. The molecule has 0 spiro atoms. The van der Waals surface area contributed by atoms with E-state index in [1.165, 1.54) is 0 Å². The lowest BCUT2D eigenvalue weighted by molar-refractivity contribution is 0.0500. The Morgan fingerprint density at radius 1 is 1.32 bits per heavy atom. The summed E-state index contributed by atoms with van der Waals surface area (Å²) in [6.45, 7) is 4.39. The van der Waals surface area contributed by atoms with Crippen LogP contribution in [-0.2, 0) is 4.74 Å². The topological polar surface area (TPSA) is 77.2 Å². The van der Waals surface area contributed by atoms with Crippen LogP contribution < -0.4 is 11.1 Å². The van der Waals surface area contributed by atoms with E-state index in [0.717, 1.165) is 24.2 Å². The second-order valence-corrected chi connectivity index (χ2v) is 5.09. The van der Waals surface area contributed by atoms with Crippen LogP contribution in [-0.4, -0.2) is 17.6 Å². The largest absolute Gasteiger partial charge is 0.462 e. The number of aryl methyl sites for hydroxylation is 1. The van der Waals surface area contributed by atoms with Gasteiger partial charge in [-0.15, -0.1) is 0 Å². The molecule has 0 atom stereocenters. The van der Waals surface area contributed by atoms with Crippen molar-refractivity contribution < 1.29 is 9.53 Å². The summed E-state index contributed by atoms with van der Waals surface area (Å²) in [4.78, 5) is 16.3. The summed E-state index contributed by atoms with van der Waals surface area (Å²) < 4.78 is 5.21. The Hall–Kier alpha value is -2.56. The van der Waals surface area contributed by atoms with Crippen molar-refractivity contribution in [2.24, 2.45) is 0 Å². The number of nitrogen functional groups attached to an aromatic ring is 1. The van der Waals surface area contributed by atoms with Gasteiger partial charge in [-0.1, -0.05) is 19.4 Å². The molecule has 0 aliphatic heterocycles. The molecule has 0 aliphatic carbocycles. The zero-order valence-corrected chi connectivity index (χ0v) is 12.9. The minimum Gasteiger partial charge on any atom is -0.462 e. The molecule has 0 amide bonds. The molecule has 3 N–H and O–H groups in total. The van der Waals surface area contributed by atoms with Gasteiger partial charge in [0.25, 0.3) is 0 Å². The number of benzene rings is 1. The standard InChI is InChI=1S/C17H21N3O2/c1-3-4-10-22-17(21)13-6-5-7-14(11-13)20-16-15(18)9-8-12(2)19-16/h5-9,11H,3-4,10,18H2,1-2H3,(H,19,20). The van der Waals surface area contributed by atoms with Crippen LogP contribution in [0.4, 0.5) is 17.2 Å². The van der Waals surface area contributed by atoms with Gasteiger partial charge in [0.1, 0.15) is 0 Å². The molecule has 116 valence electrons. The highest BCUT2D eigenvalue weighted by Crippen LogP contribution is 2.22. The molecule has 0 aliphatic rings. The van der Waals surface area contributed by atoms with Gasteiger partial charge in [-0.25, -0.2) is 9.78 Å². The molecule has 2 rings (SSSR count). The number of nitrogens with one attached hydrogen (secondary N) is 1. The Morgan fingerprint density at radius 2 is 2.14 bits per heavy atom. The third-order valence-electron chi connectivity index (χ3n) is 3.16. The van der Waals surface area contributed by atoms with Crippen LogP contribution in [0.15, 0.2) is 36.4 Å². The number of esters is 1. The molecule has 1 aromatic carbocycles. The van der Waals surface area contributed by atoms with E-state index in [0.29, 0.717) is 23.7 Å². The molecule has 5 heteroatoms.